The van der Waals surface area contributed by atoms with E-state index in [1.807, 2.05) is 23.1 Å². The summed E-state index contributed by atoms with van der Waals surface area (Å²) in [6.45, 7) is 2.99. The lowest BCUT2D eigenvalue weighted by atomic mass is 9.95. The van der Waals surface area contributed by atoms with Gasteiger partial charge >= 0.3 is 5.97 Å². The maximum Gasteiger partial charge on any atom is 0.338 e. The minimum absolute atomic E-state index is 0.125. The number of rotatable bonds is 7. The lowest BCUT2D eigenvalue weighted by molar-refractivity contribution is -0.127. The van der Waals surface area contributed by atoms with Gasteiger partial charge in [-0.2, -0.15) is 4.98 Å². The fourth-order valence-electron chi connectivity index (χ4n) is 3.26. The third kappa shape index (κ3) is 6.87. The SMILES string of the molecule is COC(=O)c1ccccc1CC1CCN(C(=O)CSCc2nc(C)no2)C1.O=CO. The summed E-state index contributed by atoms with van der Waals surface area (Å²) in [6, 6.07) is 7.51. The summed E-state index contributed by atoms with van der Waals surface area (Å²) >= 11 is 1.48. The van der Waals surface area contributed by atoms with E-state index in [1.165, 1.54) is 18.9 Å². The Morgan fingerprint density at radius 1 is 1.40 bits per heavy atom. The molecule has 10 heteroatoms. The molecule has 1 fully saturated rings. The summed E-state index contributed by atoms with van der Waals surface area (Å²) in [4.78, 5) is 38.7. The summed E-state index contributed by atoms with van der Waals surface area (Å²) in [5.74, 6) is 2.24. The van der Waals surface area contributed by atoms with E-state index in [1.54, 1.807) is 13.0 Å². The Bertz CT molecular complexity index is 857. The molecule has 2 aromatic rings. The molecule has 0 radical (unpaired) electrons. The molecule has 1 atom stereocenters. The first-order valence-corrected chi connectivity index (χ1v) is 10.5. The van der Waals surface area contributed by atoms with Gasteiger partial charge in [0.15, 0.2) is 5.82 Å². The number of ether oxygens (including phenoxy) is 1. The Morgan fingerprint density at radius 2 is 2.13 bits per heavy atom. The molecule has 1 amide bonds. The molecule has 30 heavy (non-hydrogen) atoms. The number of likely N-dealkylation sites (tertiary alicyclic amines) is 1. The number of aromatic nitrogens is 2. The van der Waals surface area contributed by atoms with Crippen LogP contribution in [-0.2, 0) is 26.5 Å². The third-order valence-electron chi connectivity index (χ3n) is 4.59. The zero-order chi connectivity index (χ0) is 21.9. The van der Waals surface area contributed by atoms with Crippen molar-refractivity contribution in [2.24, 2.45) is 5.92 Å². The van der Waals surface area contributed by atoms with Crippen molar-refractivity contribution in [1.82, 2.24) is 15.0 Å². The second kappa shape index (κ2) is 12.0. The molecule has 1 aromatic heterocycles. The number of hydrogen-bond donors (Lipinski definition) is 1. The molecule has 3 rings (SSSR count). The Labute approximate surface area is 178 Å². The lowest BCUT2D eigenvalue weighted by Crippen LogP contribution is -2.30. The van der Waals surface area contributed by atoms with Crippen molar-refractivity contribution < 1.29 is 28.8 Å². The molecule has 0 bridgehead atoms. The van der Waals surface area contributed by atoms with Gasteiger partial charge in [-0.25, -0.2) is 4.79 Å². The average Bonchev–Trinajstić information content (AvgIpc) is 3.37. The summed E-state index contributed by atoms with van der Waals surface area (Å²) in [5.41, 5.74) is 1.58. The molecule has 162 valence electrons. The number of amides is 1. The van der Waals surface area contributed by atoms with E-state index in [9.17, 15) is 9.59 Å². The van der Waals surface area contributed by atoms with Crippen LogP contribution < -0.4 is 0 Å². The predicted octanol–water partition coefficient (Wildman–Crippen LogP) is 2.19. The van der Waals surface area contributed by atoms with Gasteiger partial charge in [0.2, 0.25) is 11.8 Å². The predicted molar refractivity (Wildman–Crippen MR) is 110 cm³/mol. The first-order chi connectivity index (χ1) is 14.5. The zero-order valence-electron chi connectivity index (χ0n) is 16.9. The molecule has 1 aliphatic heterocycles. The highest BCUT2D eigenvalue weighted by atomic mass is 32.2. The first kappa shape index (κ1) is 23.4. The van der Waals surface area contributed by atoms with Crippen molar-refractivity contribution in [1.29, 1.82) is 0 Å². The number of methoxy groups -OCH3 is 1. The molecule has 1 unspecified atom stereocenters. The second-order valence-electron chi connectivity index (χ2n) is 6.68. The summed E-state index contributed by atoms with van der Waals surface area (Å²) in [7, 11) is 1.39. The standard InChI is InChI=1S/C19H23N3O4S.CH2O2/c1-13-20-17(26-21-13)11-27-12-18(23)22-8-7-14(10-22)9-15-5-3-4-6-16(15)19(24)25-2;2-1-3/h3-6,14H,7-12H2,1-2H3;1H,(H,2,3). The van der Waals surface area contributed by atoms with E-state index in [0.717, 1.165) is 24.9 Å². The van der Waals surface area contributed by atoms with Crippen LogP contribution in [0.15, 0.2) is 28.8 Å². The van der Waals surface area contributed by atoms with E-state index < -0.39 is 0 Å². The van der Waals surface area contributed by atoms with Gasteiger partial charge in [0.25, 0.3) is 6.47 Å². The number of hydrogen-bond acceptors (Lipinski definition) is 8. The van der Waals surface area contributed by atoms with E-state index in [-0.39, 0.29) is 18.3 Å². The van der Waals surface area contributed by atoms with Gasteiger partial charge in [-0.15, -0.1) is 11.8 Å². The summed E-state index contributed by atoms with van der Waals surface area (Å²) in [5, 5.41) is 10.6. The molecule has 2 heterocycles. The topological polar surface area (TPSA) is 123 Å². The third-order valence-corrected chi connectivity index (χ3v) is 5.49. The highest BCUT2D eigenvalue weighted by Crippen LogP contribution is 2.24. The first-order valence-electron chi connectivity index (χ1n) is 9.37. The van der Waals surface area contributed by atoms with Gasteiger partial charge in [-0.05, 0) is 37.3 Å². The smallest absolute Gasteiger partial charge is 0.338 e. The van der Waals surface area contributed by atoms with E-state index in [0.29, 0.717) is 41.2 Å². The Balaban J connectivity index is 0.00000101. The van der Waals surface area contributed by atoms with E-state index >= 15 is 0 Å². The minimum Gasteiger partial charge on any atom is -0.483 e. The van der Waals surface area contributed by atoms with Crippen LogP contribution in [0, 0.1) is 12.8 Å². The van der Waals surface area contributed by atoms with Crippen molar-refractivity contribution in [3.63, 3.8) is 0 Å². The maximum absolute atomic E-state index is 12.4. The number of thioether (sulfide) groups is 1. The largest absolute Gasteiger partial charge is 0.483 e. The highest BCUT2D eigenvalue weighted by molar-refractivity contribution is 7.99. The number of benzene rings is 1. The van der Waals surface area contributed by atoms with Crippen LogP contribution in [0.4, 0.5) is 0 Å². The van der Waals surface area contributed by atoms with Crippen molar-refractivity contribution in [2.45, 2.75) is 25.5 Å². The fourth-order valence-corrected chi connectivity index (χ4v) is 4.01. The molecule has 1 N–H and O–H groups in total. The molecular weight excluding hydrogens is 410 g/mol. The van der Waals surface area contributed by atoms with Gasteiger partial charge in [-0.1, -0.05) is 23.4 Å². The van der Waals surface area contributed by atoms with Crippen LogP contribution in [0.2, 0.25) is 0 Å². The summed E-state index contributed by atoms with van der Waals surface area (Å²) < 4.78 is 9.91. The number of esters is 1. The van der Waals surface area contributed by atoms with Crippen LogP contribution >= 0.6 is 11.8 Å². The van der Waals surface area contributed by atoms with Crippen LogP contribution in [-0.4, -0.2) is 64.4 Å². The summed E-state index contributed by atoms with van der Waals surface area (Å²) in [6.07, 6.45) is 1.71. The van der Waals surface area contributed by atoms with E-state index in [4.69, 9.17) is 19.2 Å². The lowest BCUT2D eigenvalue weighted by Gasteiger charge is -2.17. The molecule has 1 saturated heterocycles. The van der Waals surface area contributed by atoms with Crippen LogP contribution in [0.25, 0.3) is 0 Å². The Kier molecular flexibility index (Phi) is 9.33. The van der Waals surface area contributed by atoms with Gasteiger partial charge in [-0.3, -0.25) is 9.59 Å². The number of aryl methyl sites for hydroxylation is 1. The molecule has 9 nitrogen and oxygen atoms in total. The normalized spacial score (nSPS) is 15.3. The quantitative estimate of drug-likeness (QED) is 0.515. The fraction of sp³-hybridized carbons (Fsp3) is 0.450. The molecular formula is C20H25N3O6S. The molecule has 1 aromatic carbocycles. The Morgan fingerprint density at radius 3 is 2.80 bits per heavy atom. The molecule has 0 saturated carbocycles. The minimum atomic E-state index is -0.316. The number of nitrogens with zero attached hydrogens (tertiary/aromatic N) is 3. The average molecular weight is 436 g/mol. The Hall–Kier alpha value is -2.88. The number of carboxylic acid groups (broad SMARTS) is 1. The van der Waals surface area contributed by atoms with Gasteiger partial charge in [0, 0.05) is 13.1 Å². The van der Waals surface area contributed by atoms with Crippen molar-refractivity contribution in [3.8, 4) is 0 Å². The molecule has 1 aliphatic rings. The van der Waals surface area contributed by atoms with Gasteiger partial charge < -0.3 is 19.3 Å². The zero-order valence-corrected chi connectivity index (χ0v) is 17.8. The van der Waals surface area contributed by atoms with Gasteiger partial charge in [0.1, 0.15) is 0 Å². The maximum atomic E-state index is 12.4. The number of carbonyl (C=O) groups excluding carboxylic acids is 2. The van der Waals surface area contributed by atoms with Gasteiger partial charge in [0.05, 0.1) is 24.2 Å². The van der Waals surface area contributed by atoms with Crippen LogP contribution in [0.5, 0.6) is 0 Å². The second-order valence-corrected chi connectivity index (χ2v) is 7.67. The van der Waals surface area contributed by atoms with Crippen LogP contribution in [0.3, 0.4) is 0 Å². The highest BCUT2D eigenvalue weighted by Gasteiger charge is 2.27. The molecule has 0 aliphatic carbocycles. The monoisotopic (exact) mass is 435 g/mol. The van der Waals surface area contributed by atoms with E-state index in [2.05, 4.69) is 10.1 Å². The number of carbonyl (C=O) groups is 3. The van der Waals surface area contributed by atoms with Crippen molar-refractivity contribution in [2.75, 3.05) is 26.0 Å². The van der Waals surface area contributed by atoms with Crippen molar-refractivity contribution >= 4 is 30.1 Å². The molecule has 0 spiro atoms. The van der Waals surface area contributed by atoms with Crippen molar-refractivity contribution in [3.05, 3.63) is 47.1 Å². The van der Waals surface area contributed by atoms with Crippen LogP contribution in [0.1, 0.15) is 34.1 Å².